The highest BCUT2D eigenvalue weighted by molar-refractivity contribution is 6.29. The van der Waals surface area contributed by atoms with Crippen LogP contribution in [0, 0.1) is 0 Å². The maximum absolute atomic E-state index is 12.0. The largest absolute Gasteiger partial charge is 0.440 e. The summed E-state index contributed by atoms with van der Waals surface area (Å²) >= 11 is 5.62. The molecule has 1 aliphatic rings. The molecule has 1 unspecified atom stereocenters. The van der Waals surface area contributed by atoms with Crippen LogP contribution < -0.4 is 5.73 Å². The van der Waals surface area contributed by atoms with Crippen LogP contribution in [0.5, 0.6) is 0 Å². The fourth-order valence-electron chi connectivity index (χ4n) is 1.63. The van der Waals surface area contributed by atoms with E-state index in [2.05, 4.69) is 0 Å². The third-order valence-corrected chi connectivity index (χ3v) is 2.68. The molecule has 1 aliphatic heterocycles. The minimum Gasteiger partial charge on any atom is -0.440 e. The second kappa shape index (κ2) is 6.26. The Morgan fingerprint density at radius 2 is 2.35 bits per heavy atom. The fourth-order valence-corrected chi connectivity index (χ4v) is 1.78. The Bertz CT molecular complexity index is 383. The highest BCUT2D eigenvalue weighted by Crippen LogP contribution is 2.16. The molecule has 0 aliphatic carbocycles. The van der Waals surface area contributed by atoms with Gasteiger partial charge in [0.25, 0.3) is 5.91 Å². The van der Waals surface area contributed by atoms with Gasteiger partial charge in [0.15, 0.2) is 11.0 Å². The summed E-state index contributed by atoms with van der Waals surface area (Å²) in [6.07, 6.45) is -0.0943. The Labute approximate surface area is 110 Å². The number of ether oxygens (including phenoxy) is 1. The summed E-state index contributed by atoms with van der Waals surface area (Å²) in [4.78, 5) is 13.6. The summed E-state index contributed by atoms with van der Waals surface area (Å²) < 4.78 is 10.4. The van der Waals surface area contributed by atoms with Crippen LogP contribution in [-0.4, -0.2) is 43.2 Å². The molecule has 1 saturated heterocycles. The molecular formula is C10H14Cl2N2O3. The Kier molecular flexibility index (Phi) is 5.27. The van der Waals surface area contributed by atoms with E-state index in [-0.39, 0.29) is 35.4 Å². The number of hydrogen-bond donors (Lipinski definition) is 1. The zero-order chi connectivity index (χ0) is 11.5. The molecule has 1 atom stereocenters. The van der Waals surface area contributed by atoms with Crippen LogP contribution in [0.2, 0.25) is 5.22 Å². The molecule has 2 heterocycles. The standard InChI is InChI=1S/C10H13ClN2O3.ClH/c11-9-2-1-8(16-9)10(14)13-3-4-15-7(5-12)6-13;/h1-2,7H,3-6,12H2;1H. The average Bonchev–Trinajstić information content (AvgIpc) is 2.75. The van der Waals surface area contributed by atoms with Gasteiger partial charge in [-0.3, -0.25) is 4.79 Å². The number of rotatable bonds is 2. The van der Waals surface area contributed by atoms with E-state index in [1.807, 2.05) is 0 Å². The normalized spacial score (nSPS) is 19.9. The summed E-state index contributed by atoms with van der Waals surface area (Å²) in [5.41, 5.74) is 5.50. The van der Waals surface area contributed by atoms with Gasteiger partial charge in [0.2, 0.25) is 0 Å². The summed E-state index contributed by atoms with van der Waals surface area (Å²) in [5, 5.41) is 0.215. The van der Waals surface area contributed by atoms with E-state index < -0.39 is 0 Å². The highest BCUT2D eigenvalue weighted by Gasteiger charge is 2.25. The van der Waals surface area contributed by atoms with Crippen molar-refractivity contribution in [3.05, 3.63) is 23.1 Å². The summed E-state index contributed by atoms with van der Waals surface area (Å²) in [7, 11) is 0. The molecule has 2 rings (SSSR count). The number of carbonyl (C=O) groups excluding carboxylic acids is 1. The Morgan fingerprint density at radius 1 is 1.59 bits per heavy atom. The van der Waals surface area contributed by atoms with Crippen molar-refractivity contribution in [1.82, 2.24) is 4.90 Å². The molecule has 17 heavy (non-hydrogen) atoms. The van der Waals surface area contributed by atoms with Crippen molar-refractivity contribution in [2.24, 2.45) is 5.73 Å². The number of nitrogens with zero attached hydrogens (tertiary/aromatic N) is 1. The summed E-state index contributed by atoms with van der Waals surface area (Å²) in [6.45, 7) is 1.95. The van der Waals surface area contributed by atoms with Crippen LogP contribution in [-0.2, 0) is 4.74 Å². The molecule has 0 spiro atoms. The monoisotopic (exact) mass is 280 g/mol. The highest BCUT2D eigenvalue weighted by atomic mass is 35.5. The molecule has 1 amide bonds. The predicted octanol–water partition coefficient (Wildman–Crippen LogP) is 1.15. The number of furan rings is 1. The van der Waals surface area contributed by atoms with Crippen LogP contribution in [0.3, 0.4) is 0 Å². The van der Waals surface area contributed by atoms with Gasteiger partial charge in [-0.25, -0.2) is 0 Å². The van der Waals surface area contributed by atoms with Crippen molar-refractivity contribution >= 4 is 29.9 Å². The van der Waals surface area contributed by atoms with E-state index in [1.54, 1.807) is 17.0 Å². The lowest BCUT2D eigenvalue weighted by molar-refractivity contribution is -0.0177. The molecule has 0 saturated carbocycles. The second-order valence-corrected chi connectivity index (χ2v) is 3.96. The van der Waals surface area contributed by atoms with Crippen LogP contribution in [0.1, 0.15) is 10.6 Å². The van der Waals surface area contributed by atoms with Crippen LogP contribution in [0.15, 0.2) is 16.5 Å². The summed E-state index contributed by atoms with van der Waals surface area (Å²) in [5.74, 6) is 0.0799. The smallest absolute Gasteiger partial charge is 0.289 e. The van der Waals surface area contributed by atoms with Gasteiger partial charge in [-0.1, -0.05) is 0 Å². The Balaban J connectivity index is 0.00000144. The van der Waals surface area contributed by atoms with E-state index >= 15 is 0 Å². The predicted molar refractivity (Wildman–Crippen MR) is 65.7 cm³/mol. The lowest BCUT2D eigenvalue weighted by Crippen LogP contribution is -2.48. The number of halogens is 2. The molecule has 2 N–H and O–H groups in total. The van der Waals surface area contributed by atoms with Gasteiger partial charge in [0.05, 0.1) is 12.7 Å². The quantitative estimate of drug-likeness (QED) is 0.883. The third-order valence-electron chi connectivity index (χ3n) is 2.47. The first-order chi connectivity index (χ1) is 7.70. The topological polar surface area (TPSA) is 68.7 Å². The van der Waals surface area contributed by atoms with Crippen LogP contribution in [0.4, 0.5) is 0 Å². The van der Waals surface area contributed by atoms with Crippen LogP contribution >= 0.6 is 24.0 Å². The van der Waals surface area contributed by atoms with Gasteiger partial charge < -0.3 is 19.8 Å². The van der Waals surface area contributed by atoms with Gasteiger partial charge in [-0.15, -0.1) is 12.4 Å². The second-order valence-electron chi connectivity index (χ2n) is 3.58. The first-order valence-electron chi connectivity index (χ1n) is 5.07. The van der Waals surface area contributed by atoms with Crippen molar-refractivity contribution in [1.29, 1.82) is 0 Å². The van der Waals surface area contributed by atoms with E-state index in [0.29, 0.717) is 26.2 Å². The van der Waals surface area contributed by atoms with Crippen LogP contribution in [0.25, 0.3) is 0 Å². The zero-order valence-electron chi connectivity index (χ0n) is 9.10. The van der Waals surface area contributed by atoms with E-state index in [4.69, 9.17) is 26.5 Å². The lowest BCUT2D eigenvalue weighted by atomic mass is 10.2. The number of morpholine rings is 1. The lowest BCUT2D eigenvalue weighted by Gasteiger charge is -2.31. The van der Waals surface area contributed by atoms with Crippen molar-refractivity contribution in [3.8, 4) is 0 Å². The maximum Gasteiger partial charge on any atom is 0.289 e. The number of nitrogens with two attached hydrogens (primary N) is 1. The van der Waals surface area contributed by atoms with Crippen molar-refractivity contribution in [3.63, 3.8) is 0 Å². The first kappa shape index (κ1) is 14.3. The van der Waals surface area contributed by atoms with E-state index in [0.717, 1.165) is 0 Å². The summed E-state index contributed by atoms with van der Waals surface area (Å²) in [6, 6.07) is 3.12. The van der Waals surface area contributed by atoms with Gasteiger partial charge in [-0.2, -0.15) is 0 Å². The van der Waals surface area contributed by atoms with Crippen molar-refractivity contribution in [2.45, 2.75) is 6.10 Å². The number of amides is 1. The number of carbonyl (C=O) groups is 1. The molecule has 5 nitrogen and oxygen atoms in total. The third kappa shape index (κ3) is 3.35. The molecule has 96 valence electrons. The minimum atomic E-state index is -0.173. The number of hydrogen-bond acceptors (Lipinski definition) is 4. The molecule has 1 aromatic rings. The molecule has 0 bridgehead atoms. The van der Waals surface area contributed by atoms with Gasteiger partial charge in [0, 0.05) is 19.6 Å². The maximum atomic E-state index is 12.0. The first-order valence-corrected chi connectivity index (χ1v) is 5.45. The average molecular weight is 281 g/mol. The molecule has 1 aromatic heterocycles. The van der Waals surface area contributed by atoms with Gasteiger partial charge >= 0.3 is 0 Å². The Morgan fingerprint density at radius 3 is 2.94 bits per heavy atom. The molecular weight excluding hydrogens is 267 g/mol. The van der Waals surface area contributed by atoms with E-state index in [9.17, 15) is 4.79 Å². The van der Waals surface area contributed by atoms with Crippen molar-refractivity contribution < 1.29 is 13.9 Å². The Hall–Kier alpha value is -0.750. The van der Waals surface area contributed by atoms with E-state index in [1.165, 1.54) is 0 Å². The molecule has 0 radical (unpaired) electrons. The SMILES string of the molecule is Cl.NCC1CN(C(=O)c2ccc(Cl)o2)CCO1. The molecule has 7 heteroatoms. The molecule has 0 aromatic carbocycles. The van der Waals surface area contributed by atoms with Gasteiger partial charge in [-0.05, 0) is 23.7 Å². The van der Waals surface area contributed by atoms with Crippen molar-refractivity contribution in [2.75, 3.05) is 26.2 Å². The van der Waals surface area contributed by atoms with Gasteiger partial charge in [0.1, 0.15) is 0 Å². The fraction of sp³-hybridized carbons (Fsp3) is 0.500. The zero-order valence-corrected chi connectivity index (χ0v) is 10.7. The molecule has 1 fully saturated rings. The minimum absolute atomic E-state index is 0.